The molecule has 1 heterocycles. The number of hydrogen-bond acceptors (Lipinski definition) is 2. The van der Waals surface area contributed by atoms with Crippen LogP contribution in [-0.2, 0) is 13.5 Å². The second kappa shape index (κ2) is 4.88. The molecule has 1 aromatic heterocycles. The van der Waals surface area contributed by atoms with E-state index in [4.69, 9.17) is 4.98 Å². The smallest absolute Gasteiger partial charge is 0.112 e. The first-order chi connectivity index (χ1) is 9.51. The molecule has 3 rings (SSSR count). The lowest BCUT2D eigenvalue weighted by Crippen LogP contribution is -2.45. The molecule has 0 radical (unpaired) electrons. The van der Waals surface area contributed by atoms with Crippen LogP contribution in [0.25, 0.3) is 11.0 Å². The number of aliphatic hydroxyl groups is 1. The standard InChI is InChI=1S/C17H24N2O/c1-12-7-6-10-17(20,13(12)2)11-16-18-14-8-4-5-9-15(14)19(16)3/h4-5,8-9,12-13,20H,6-7,10-11H2,1-3H3. The Morgan fingerprint density at radius 3 is 2.85 bits per heavy atom. The molecule has 1 aromatic carbocycles. The van der Waals surface area contributed by atoms with Crippen LogP contribution in [0.4, 0.5) is 0 Å². The zero-order chi connectivity index (χ0) is 14.3. The van der Waals surface area contributed by atoms with Gasteiger partial charge in [-0.1, -0.05) is 38.8 Å². The quantitative estimate of drug-likeness (QED) is 0.911. The molecule has 2 aromatic rings. The Bertz CT molecular complexity index is 618. The summed E-state index contributed by atoms with van der Waals surface area (Å²) in [7, 11) is 2.05. The second-order valence-corrected chi connectivity index (χ2v) is 6.51. The van der Waals surface area contributed by atoms with Gasteiger partial charge in [-0.3, -0.25) is 0 Å². The zero-order valence-corrected chi connectivity index (χ0v) is 12.6. The number of nitrogens with zero attached hydrogens (tertiary/aromatic N) is 2. The Labute approximate surface area is 120 Å². The number of fused-ring (bicyclic) bond motifs is 1. The van der Waals surface area contributed by atoms with E-state index in [9.17, 15) is 5.11 Å². The van der Waals surface area contributed by atoms with Crippen molar-refractivity contribution in [3.8, 4) is 0 Å². The van der Waals surface area contributed by atoms with Gasteiger partial charge in [0.2, 0.25) is 0 Å². The van der Waals surface area contributed by atoms with Gasteiger partial charge in [-0.05, 0) is 30.4 Å². The molecule has 1 aliphatic carbocycles. The topological polar surface area (TPSA) is 38.1 Å². The highest BCUT2D eigenvalue weighted by Crippen LogP contribution is 2.39. The number of aryl methyl sites for hydroxylation is 1. The third-order valence-corrected chi connectivity index (χ3v) is 5.31. The van der Waals surface area contributed by atoms with Gasteiger partial charge in [-0.25, -0.2) is 4.98 Å². The maximum absolute atomic E-state index is 11.1. The van der Waals surface area contributed by atoms with Gasteiger partial charge < -0.3 is 9.67 Å². The molecule has 0 aliphatic heterocycles. The number of benzene rings is 1. The van der Waals surface area contributed by atoms with Crippen LogP contribution in [0.5, 0.6) is 0 Å². The molecule has 3 atom stereocenters. The average Bonchev–Trinajstić information content (AvgIpc) is 2.73. The van der Waals surface area contributed by atoms with Gasteiger partial charge >= 0.3 is 0 Å². The van der Waals surface area contributed by atoms with E-state index in [-0.39, 0.29) is 0 Å². The highest BCUT2D eigenvalue weighted by molar-refractivity contribution is 5.75. The zero-order valence-electron chi connectivity index (χ0n) is 12.6. The predicted molar refractivity (Wildman–Crippen MR) is 81.5 cm³/mol. The SMILES string of the molecule is CC1CCCC(O)(Cc2nc3ccccc3n2C)C1C. The van der Waals surface area contributed by atoms with Crippen molar-refractivity contribution in [3.63, 3.8) is 0 Å². The number of para-hydroxylation sites is 2. The molecule has 0 bridgehead atoms. The molecule has 1 aliphatic rings. The fourth-order valence-corrected chi connectivity index (χ4v) is 3.61. The van der Waals surface area contributed by atoms with Gasteiger partial charge in [0.15, 0.2) is 0 Å². The fourth-order valence-electron chi connectivity index (χ4n) is 3.61. The van der Waals surface area contributed by atoms with Crippen molar-refractivity contribution in [2.24, 2.45) is 18.9 Å². The molecule has 3 heteroatoms. The number of rotatable bonds is 2. The number of aromatic nitrogens is 2. The van der Waals surface area contributed by atoms with E-state index in [0.29, 0.717) is 18.3 Å². The maximum atomic E-state index is 11.1. The van der Waals surface area contributed by atoms with Crippen molar-refractivity contribution in [1.82, 2.24) is 9.55 Å². The monoisotopic (exact) mass is 272 g/mol. The van der Waals surface area contributed by atoms with Crippen LogP contribution in [0.2, 0.25) is 0 Å². The summed E-state index contributed by atoms with van der Waals surface area (Å²) in [4.78, 5) is 4.71. The lowest BCUT2D eigenvalue weighted by atomic mass is 9.69. The molecule has 0 spiro atoms. The van der Waals surface area contributed by atoms with Gasteiger partial charge in [0.05, 0.1) is 16.6 Å². The molecule has 1 saturated carbocycles. The first-order valence-electron chi connectivity index (χ1n) is 7.64. The van der Waals surface area contributed by atoms with E-state index < -0.39 is 5.60 Å². The summed E-state index contributed by atoms with van der Waals surface area (Å²) in [6.07, 6.45) is 3.89. The predicted octanol–water partition coefficient (Wildman–Crippen LogP) is 3.30. The van der Waals surface area contributed by atoms with Gasteiger partial charge in [0.1, 0.15) is 5.82 Å². The fraction of sp³-hybridized carbons (Fsp3) is 0.588. The maximum Gasteiger partial charge on any atom is 0.112 e. The average molecular weight is 272 g/mol. The first-order valence-corrected chi connectivity index (χ1v) is 7.64. The molecule has 108 valence electrons. The van der Waals surface area contributed by atoms with Crippen LogP contribution >= 0.6 is 0 Å². The summed E-state index contributed by atoms with van der Waals surface area (Å²) in [5.41, 5.74) is 1.56. The molecule has 0 saturated heterocycles. The first kappa shape index (κ1) is 13.6. The Morgan fingerprint density at radius 2 is 2.10 bits per heavy atom. The Balaban J connectivity index is 1.94. The summed E-state index contributed by atoms with van der Waals surface area (Å²) < 4.78 is 2.12. The van der Waals surface area contributed by atoms with Crippen LogP contribution in [0.15, 0.2) is 24.3 Å². The van der Waals surface area contributed by atoms with Crippen LogP contribution in [0, 0.1) is 11.8 Å². The lowest BCUT2D eigenvalue weighted by molar-refractivity contribution is -0.0637. The van der Waals surface area contributed by atoms with E-state index in [0.717, 1.165) is 29.7 Å². The summed E-state index contributed by atoms with van der Waals surface area (Å²) in [6.45, 7) is 4.44. The minimum Gasteiger partial charge on any atom is -0.389 e. The van der Waals surface area contributed by atoms with Gasteiger partial charge in [-0.15, -0.1) is 0 Å². The van der Waals surface area contributed by atoms with E-state index in [1.165, 1.54) is 6.42 Å². The molecule has 1 fully saturated rings. The van der Waals surface area contributed by atoms with E-state index >= 15 is 0 Å². The van der Waals surface area contributed by atoms with Crippen molar-refractivity contribution in [2.75, 3.05) is 0 Å². The van der Waals surface area contributed by atoms with E-state index in [2.05, 4.69) is 24.5 Å². The minimum absolute atomic E-state index is 0.330. The molecule has 1 N–H and O–H groups in total. The van der Waals surface area contributed by atoms with Crippen molar-refractivity contribution < 1.29 is 5.11 Å². The van der Waals surface area contributed by atoms with Crippen LogP contribution < -0.4 is 0 Å². The summed E-state index contributed by atoms with van der Waals surface area (Å²) in [6, 6.07) is 8.17. The normalized spacial score (nSPS) is 30.8. The third kappa shape index (κ3) is 2.14. The molecular formula is C17H24N2O. The van der Waals surface area contributed by atoms with Crippen molar-refractivity contribution in [3.05, 3.63) is 30.1 Å². The number of hydrogen-bond donors (Lipinski definition) is 1. The molecular weight excluding hydrogens is 248 g/mol. The highest BCUT2D eigenvalue weighted by Gasteiger charge is 2.40. The van der Waals surface area contributed by atoms with E-state index in [1.54, 1.807) is 0 Å². The van der Waals surface area contributed by atoms with Gasteiger partial charge in [0, 0.05) is 13.5 Å². The molecule has 20 heavy (non-hydrogen) atoms. The van der Waals surface area contributed by atoms with Crippen LogP contribution in [-0.4, -0.2) is 20.3 Å². The Kier molecular flexibility index (Phi) is 3.33. The van der Waals surface area contributed by atoms with Gasteiger partial charge in [-0.2, -0.15) is 0 Å². The minimum atomic E-state index is -0.604. The molecule has 3 unspecified atom stereocenters. The third-order valence-electron chi connectivity index (χ3n) is 5.31. The Hall–Kier alpha value is -1.35. The van der Waals surface area contributed by atoms with Crippen molar-refractivity contribution >= 4 is 11.0 Å². The highest BCUT2D eigenvalue weighted by atomic mass is 16.3. The Morgan fingerprint density at radius 1 is 1.35 bits per heavy atom. The molecule has 0 amide bonds. The van der Waals surface area contributed by atoms with E-state index in [1.807, 2.05) is 25.2 Å². The second-order valence-electron chi connectivity index (χ2n) is 6.51. The largest absolute Gasteiger partial charge is 0.389 e. The van der Waals surface area contributed by atoms with Crippen molar-refractivity contribution in [2.45, 2.75) is 45.1 Å². The number of imidazole rings is 1. The summed E-state index contributed by atoms with van der Waals surface area (Å²) in [5.74, 6) is 1.91. The molecule has 3 nitrogen and oxygen atoms in total. The van der Waals surface area contributed by atoms with Crippen LogP contribution in [0.1, 0.15) is 38.9 Å². The summed E-state index contributed by atoms with van der Waals surface area (Å²) in [5, 5.41) is 11.1. The summed E-state index contributed by atoms with van der Waals surface area (Å²) >= 11 is 0. The van der Waals surface area contributed by atoms with Gasteiger partial charge in [0.25, 0.3) is 0 Å². The van der Waals surface area contributed by atoms with Crippen LogP contribution in [0.3, 0.4) is 0 Å². The lowest BCUT2D eigenvalue weighted by Gasteiger charge is -2.41. The van der Waals surface area contributed by atoms with Crippen molar-refractivity contribution in [1.29, 1.82) is 0 Å².